The number of methoxy groups -OCH3 is 2. The quantitative estimate of drug-likeness (QED) is 0.873. The first kappa shape index (κ1) is 18.5. The van der Waals surface area contributed by atoms with Gasteiger partial charge in [-0.25, -0.2) is 0 Å². The highest BCUT2D eigenvalue weighted by molar-refractivity contribution is 6.31. The number of carbonyl (C=O) groups excluding carboxylic acids is 1. The Morgan fingerprint density at radius 1 is 1.15 bits per heavy atom. The van der Waals surface area contributed by atoms with E-state index < -0.39 is 0 Å². The zero-order valence-electron chi connectivity index (χ0n) is 15.0. The van der Waals surface area contributed by atoms with Crippen LogP contribution in [0.25, 0.3) is 0 Å². The highest BCUT2D eigenvalue weighted by atomic mass is 35.5. The second-order valence-electron chi connectivity index (χ2n) is 6.15. The predicted molar refractivity (Wildman–Crippen MR) is 102 cm³/mol. The highest BCUT2D eigenvalue weighted by Crippen LogP contribution is 2.32. The van der Waals surface area contributed by atoms with Gasteiger partial charge in [-0.1, -0.05) is 35.9 Å². The van der Waals surface area contributed by atoms with Crippen molar-refractivity contribution in [3.63, 3.8) is 0 Å². The van der Waals surface area contributed by atoms with Crippen molar-refractivity contribution in [2.45, 2.75) is 12.5 Å². The molecule has 1 N–H and O–H groups in total. The first-order chi connectivity index (χ1) is 12.7. The number of hydrogen-bond donors (Lipinski definition) is 1. The van der Waals surface area contributed by atoms with Gasteiger partial charge in [-0.05, 0) is 23.8 Å². The van der Waals surface area contributed by atoms with Gasteiger partial charge in [0.05, 0.1) is 26.7 Å². The summed E-state index contributed by atoms with van der Waals surface area (Å²) >= 11 is 6.38. The molecule has 138 valence electrons. The van der Waals surface area contributed by atoms with E-state index in [0.717, 1.165) is 17.7 Å². The van der Waals surface area contributed by atoms with Crippen molar-refractivity contribution in [3.8, 4) is 11.5 Å². The van der Waals surface area contributed by atoms with E-state index in [4.69, 9.17) is 21.1 Å². The molecule has 26 heavy (non-hydrogen) atoms. The van der Waals surface area contributed by atoms with Crippen molar-refractivity contribution in [1.82, 2.24) is 10.2 Å². The largest absolute Gasteiger partial charge is 0.496 e. The van der Waals surface area contributed by atoms with Gasteiger partial charge < -0.3 is 19.7 Å². The van der Waals surface area contributed by atoms with Gasteiger partial charge in [0.15, 0.2) is 0 Å². The Morgan fingerprint density at radius 3 is 2.50 bits per heavy atom. The summed E-state index contributed by atoms with van der Waals surface area (Å²) in [5.41, 5.74) is 1.72. The molecule has 1 aliphatic heterocycles. The Hall–Kier alpha value is -2.24. The Kier molecular flexibility index (Phi) is 6.01. The summed E-state index contributed by atoms with van der Waals surface area (Å²) < 4.78 is 10.8. The molecule has 6 heteroatoms. The molecule has 3 rings (SSSR count). The predicted octanol–water partition coefficient (Wildman–Crippen LogP) is 3.07. The summed E-state index contributed by atoms with van der Waals surface area (Å²) in [6.07, 6.45) is 0.216. The number of hydrogen-bond acceptors (Lipinski definition) is 4. The maximum absolute atomic E-state index is 13.1. The van der Waals surface area contributed by atoms with Crippen molar-refractivity contribution in [1.29, 1.82) is 0 Å². The second kappa shape index (κ2) is 8.43. The highest BCUT2D eigenvalue weighted by Gasteiger charge is 2.30. The van der Waals surface area contributed by atoms with Crippen LogP contribution < -0.4 is 14.8 Å². The van der Waals surface area contributed by atoms with E-state index in [1.807, 2.05) is 47.4 Å². The van der Waals surface area contributed by atoms with Crippen molar-refractivity contribution in [2.75, 3.05) is 33.9 Å². The maximum Gasteiger partial charge on any atom is 0.227 e. The average Bonchev–Trinajstić information content (AvgIpc) is 2.68. The van der Waals surface area contributed by atoms with E-state index in [0.29, 0.717) is 29.6 Å². The lowest BCUT2D eigenvalue weighted by molar-refractivity contribution is -0.133. The number of benzene rings is 2. The summed E-state index contributed by atoms with van der Waals surface area (Å²) in [4.78, 5) is 15.0. The van der Waals surface area contributed by atoms with Crippen LogP contribution in [0.2, 0.25) is 5.02 Å². The third kappa shape index (κ3) is 3.79. The summed E-state index contributed by atoms with van der Waals surface area (Å²) in [5.74, 6) is 1.34. The van der Waals surface area contributed by atoms with Crippen LogP contribution in [0.4, 0.5) is 0 Å². The molecule has 1 fully saturated rings. The fourth-order valence-corrected chi connectivity index (χ4v) is 3.64. The van der Waals surface area contributed by atoms with Crippen molar-refractivity contribution < 1.29 is 14.3 Å². The molecular weight excluding hydrogens is 352 g/mol. The number of nitrogens with zero attached hydrogens (tertiary/aromatic N) is 1. The number of ether oxygens (including phenoxy) is 2. The van der Waals surface area contributed by atoms with Crippen molar-refractivity contribution >= 4 is 17.5 Å². The maximum atomic E-state index is 13.1. The van der Waals surface area contributed by atoms with Crippen LogP contribution in [0.5, 0.6) is 11.5 Å². The van der Waals surface area contributed by atoms with Crippen LogP contribution in [0.15, 0.2) is 42.5 Å². The lowest BCUT2D eigenvalue weighted by Gasteiger charge is -2.37. The van der Waals surface area contributed by atoms with Gasteiger partial charge in [0.25, 0.3) is 0 Å². The number of nitrogens with one attached hydrogen (secondary N) is 1. The Morgan fingerprint density at radius 2 is 1.85 bits per heavy atom. The molecule has 1 atom stereocenters. The third-order valence-electron chi connectivity index (χ3n) is 4.69. The molecule has 1 unspecified atom stereocenters. The Bertz CT molecular complexity index is 759. The number of carbonyl (C=O) groups is 1. The number of rotatable bonds is 5. The molecule has 1 amide bonds. The number of amides is 1. The van der Waals surface area contributed by atoms with Gasteiger partial charge in [-0.15, -0.1) is 0 Å². The molecule has 0 bridgehead atoms. The molecule has 0 aromatic heterocycles. The summed E-state index contributed by atoms with van der Waals surface area (Å²) in [5, 5.41) is 4.03. The average molecular weight is 375 g/mol. The standard InChI is InChI=1S/C20H23ClN2O3/c1-25-18-8-5-9-19(26-2)15(18)12-20(24)23-11-10-22-13-17(23)14-6-3-4-7-16(14)21/h3-9,17,22H,10-13H2,1-2H3. The summed E-state index contributed by atoms with van der Waals surface area (Å²) in [7, 11) is 3.19. The smallest absolute Gasteiger partial charge is 0.227 e. The molecule has 5 nitrogen and oxygen atoms in total. The lowest BCUT2D eigenvalue weighted by Crippen LogP contribution is -2.49. The minimum Gasteiger partial charge on any atom is -0.496 e. The molecule has 0 aliphatic carbocycles. The Balaban J connectivity index is 1.88. The molecular formula is C20H23ClN2O3. The topological polar surface area (TPSA) is 50.8 Å². The SMILES string of the molecule is COc1cccc(OC)c1CC(=O)N1CCNCC1c1ccccc1Cl. The van der Waals surface area contributed by atoms with E-state index in [9.17, 15) is 4.79 Å². The van der Waals surface area contributed by atoms with Gasteiger partial charge >= 0.3 is 0 Å². The zero-order chi connectivity index (χ0) is 18.5. The molecule has 1 saturated heterocycles. The third-order valence-corrected chi connectivity index (χ3v) is 5.03. The van der Waals surface area contributed by atoms with E-state index in [1.165, 1.54) is 0 Å². The minimum atomic E-state index is -0.0920. The lowest BCUT2D eigenvalue weighted by atomic mass is 10.0. The Labute approximate surface area is 158 Å². The van der Waals surface area contributed by atoms with E-state index in [-0.39, 0.29) is 18.4 Å². The van der Waals surface area contributed by atoms with Crippen LogP contribution in [-0.2, 0) is 11.2 Å². The van der Waals surface area contributed by atoms with Crippen LogP contribution in [0.3, 0.4) is 0 Å². The van der Waals surface area contributed by atoms with E-state index in [1.54, 1.807) is 14.2 Å². The first-order valence-corrected chi connectivity index (χ1v) is 8.98. The number of piperazine rings is 1. The van der Waals surface area contributed by atoms with E-state index in [2.05, 4.69) is 5.32 Å². The van der Waals surface area contributed by atoms with Gasteiger partial charge in [0.1, 0.15) is 11.5 Å². The van der Waals surface area contributed by atoms with Gasteiger partial charge in [-0.2, -0.15) is 0 Å². The zero-order valence-corrected chi connectivity index (χ0v) is 15.8. The minimum absolute atomic E-state index is 0.0271. The van der Waals surface area contributed by atoms with Gasteiger partial charge in [0.2, 0.25) is 5.91 Å². The fraction of sp³-hybridized carbons (Fsp3) is 0.350. The molecule has 1 heterocycles. The molecule has 2 aromatic carbocycles. The van der Waals surface area contributed by atoms with E-state index >= 15 is 0 Å². The van der Waals surface area contributed by atoms with Gasteiger partial charge in [0, 0.05) is 30.2 Å². The molecule has 2 aromatic rings. The van der Waals surface area contributed by atoms with Crippen LogP contribution in [0, 0.1) is 0 Å². The van der Waals surface area contributed by atoms with Crippen molar-refractivity contribution in [2.24, 2.45) is 0 Å². The van der Waals surface area contributed by atoms with Crippen LogP contribution in [0.1, 0.15) is 17.2 Å². The van der Waals surface area contributed by atoms with Crippen molar-refractivity contribution in [3.05, 3.63) is 58.6 Å². The first-order valence-electron chi connectivity index (χ1n) is 8.60. The fourth-order valence-electron chi connectivity index (χ4n) is 3.38. The van der Waals surface area contributed by atoms with Crippen LogP contribution in [-0.4, -0.2) is 44.7 Å². The summed E-state index contributed by atoms with van der Waals surface area (Å²) in [6, 6.07) is 13.1. The second-order valence-corrected chi connectivity index (χ2v) is 6.55. The van der Waals surface area contributed by atoms with Crippen LogP contribution >= 0.6 is 11.6 Å². The molecule has 0 radical (unpaired) electrons. The molecule has 0 spiro atoms. The molecule has 0 saturated carbocycles. The monoisotopic (exact) mass is 374 g/mol. The molecule has 1 aliphatic rings. The normalized spacial score (nSPS) is 17.0. The number of halogens is 1. The van der Waals surface area contributed by atoms with Gasteiger partial charge in [-0.3, -0.25) is 4.79 Å². The summed E-state index contributed by atoms with van der Waals surface area (Å²) in [6.45, 7) is 2.07.